The minimum atomic E-state index is 0. The van der Waals surface area contributed by atoms with Gasteiger partial charge in [0.2, 0.25) is 5.91 Å². The monoisotopic (exact) mass is 400 g/mol. The van der Waals surface area contributed by atoms with Gasteiger partial charge in [-0.25, -0.2) is 4.98 Å². The van der Waals surface area contributed by atoms with E-state index in [1.807, 2.05) is 18.2 Å². The van der Waals surface area contributed by atoms with Crippen LogP contribution in [0, 0.1) is 0 Å². The summed E-state index contributed by atoms with van der Waals surface area (Å²) in [6.45, 7) is 4.31. The molecule has 0 atom stereocenters. The molecule has 0 saturated carbocycles. The van der Waals surface area contributed by atoms with Gasteiger partial charge in [0.15, 0.2) is 0 Å². The maximum absolute atomic E-state index is 12.0. The molecular weight excluding hydrogens is 383 g/mol. The Balaban J connectivity index is 0.00000182. The number of nitrogens with zero attached hydrogens (tertiary/aromatic N) is 3. The summed E-state index contributed by atoms with van der Waals surface area (Å²) in [6, 6.07) is 5.68. The molecule has 134 valence electrons. The van der Waals surface area contributed by atoms with Gasteiger partial charge in [0.05, 0.1) is 15.6 Å². The highest BCUT2D eigenvalue weighted by Crippen LogP contribution is 2.35. The van der Waals surface area contributed by atoms with Crippen molar-refractivity contribution in [3.05, 3.63) is 28.2 Å². The second-order valence-corrected chi connectivity index (χ2v) is 6.99. The van der Waals surface area contributed by atoms with Crippen LogP contribution < -0.4 is 15.1 Å². The molecule has 2 aliphatic rings. The van der Waals surface area contributed by atoms with Crippen LogP contribution >= 0.6 is 35.6 Å². The van der Waals surface area contributed by atoms with Crippen LogP contribution in [0.3, 0.4) is 0 Å². The SMILES string of the molecule is Cl.O=C1CCCN1c1cc(Cl)c2nc(N3CCNCC3)c(Cl)cc2c1. The van der Waals surface area contributed by atoms with Crippen LogP contribution in [0.2, 0.25) is 10.0 Å². The van der Waals surface area contributed by atoms with E-state index >= 15 is 0 Å². The van der Waals surface area contributed by atoms with E-state index in [-0.39, 0.29) is 18.3 Å². The molecule has 2 aliphatic heterocycles. The van der Waals surface area contributed by atoms with E-state index in [0.29, 0.717) is 16.5 Å². The first-order valence-electron chi connectivity index (χ1n) is 8.19. The fourth-order valence-corrected chi connectivity index (χ4v) is 3.91. The fraction of sp³-hybridized carbons (Fsp3) is 0.412. The third-order valence-electron chi connectivity index (χ3n) is 4.59. The number of hydrogen-bond acceptors (Lipinski definition) is 4. The van der Waals surface area contributed by atoms with Gasteiger partial charge in [-0.2, -0.15) is 0 Å². The Bertz CT molecular complexity index is 808. The van der Waals surface area contributed by atoms with Crippen molar-refractivity contribution in [3.63, 3.8) is 0 Å². The number of carbonyl (C=O) groups excluding carboxylic acids is 1. The number of benzene rings is 1. The fourth-order valence-electron chi connectivity index (χ4n) is 3.37. The molecule has 2 aromatic rings. The van der Waals surface area contributed by atoms with Crippen LogP contribution in [0.25, 0.3) is 10.9 Å². The molecule has 2 saturated heterocycles. The van der Waals surface area contributed by atoms with Crippen molar-refractivity contribution in [1.29, 1.82) is 0 Å². The first-order valence-corrected chi connectivity index (χ1v) is 8.95. The number of nitrogens with one attached hydrogen (secondary N) is 1. The molecule has 0 unspecified atom stereocenters. The maximum atomic E-state index is 12.0. The molecule has 25 heavy (non-hydrogen) atoms. The quantitative estimate of drug-likeness (QED) is 0.837. The Hall–Kier alpha value is -1.27. The van der Waals surface area contributed by atoms with Gasteiger partial charge in [0.1, 0.15) is 5.82 Å². The van der Waals surface area contributed by atoms with Gasteiger partial charge in [0, 0.05) is 50.2 Å². The number of carbonyl (C=O) groups is 1. The van der Waals surface area contributed by atoms with E-state index in [0.717, 1.165) is 61.6 Å². The number of halogens is 3. The molecule has 1 aromatic heterocycles. The second-order valence-electron chi connectivity index (χ2n) is 6.18. The Morgan fingerprint density at radius 3 is 2.48 bits per heavy atom. The number of piperazine rings is 1. The summed E-state index contributed by atoms with van der Waals surface area (Å²) in [6.07, 6.45) is 1.48. The number of rotatable bonds is 2. The lowest BCUT2D eigenvalue weighted by Gasteiger charge is -2.29. The molecule has 1 N–H and O–H groups in total. The number of amides is 1. The predicted octanol–water partition coefficient (Wildman–Crippen LogP) is 3.50. The molecule has 4 rings (SSSR count). The van der Waals surface area contributed by atoms with Crippen LogP contribution in [0.15, 0.2) is 18.2 Å². The van der Waals surface area contributed by atoms with Gasteiger partial charge < -0.3 is 15.1 Å². The lowest BCUT2D eigenvalue weighted by Crippen LogP contribution is -2.44. The molecule has 5 nitrogen and oxygen atoms in total. The molecule has 0 radical (unpaired) electrons. The Labute approximate surface area is 162 Å². The number of hydrogen-bond donors (Lipinski definition) is 1. The van der Waals surface area contributed by atoms with E-state index < -0.39 is 0 Å². The Morgan fingerprint density at radius 2 is 1.80 bits per heavy atom. The standard InChI is InChI=1S/C17H18Cl2N4O.ClH/c18-13-10-12(23-5-1-2-15(23)24)8-11-9-14(19)17(21-16(11)13)22-6-3-20-4-7-22;/h8-10,20H,1-7H2;1H. The minimum Gasteiger partial charge on any atom is -0.353 e. The maximum Gasteiger partial charge on any atom is 0.227 e. The first kappa shape index (κ1) is 18.5. The number of fused-ring (bicyclic) bond motifs is 1. The zero-order valence-electron chi connectivity index (χ0n) is 13.6. The normalized spacial score (nSPS) is 17.9. The first-order chi connectivity index (χ1) is 11.6. The highest BCUT2D eigenvalue weighted by atomic mass is 35.5. The molecule has 0 spiro atoms. The summed E-state index contributed by atoms with van der Waals surface area (Å²) in [7, 11) is 0. The van der Waals surface area contributed by atoms with Gasteiger partial charge in [-0.15, -0.1) is 12.4 Å². The smallest absolute Gasteiger partial charge is 0.227 e. The Morgan fingerprint density at radius 1 is 1.04 bits per heavy atom. The topological polar surface area (TPSA) is 48.5 Å². The average molecular weight is 402 g/mol. The van der Waals surface area contributed by atoms with Gasteiger partial charge in [-0.3, -0.25) is 4.79 Å². The zero-order valence-corrected chi connectivity index (χ0v) is 15.9. The van der Waals surface area contributed by atoms with Crippen LogP contribution in [-0.4, -0.2) is 43.6 Å². The average Bonchev–Trinajstić information content (AvgIpc) is 3.01. The van der Waals surface area contributed by atoms with Gasteiger partial charge in [-0.1, -0.05) is 23.2 Å². The van der Waals surface area contributed by atoms with E-state index in [1.165, 1.54) is 0 Å². The molecule has 0 bridgehead atoms. The third kappa shape index (κ3) is 3.51. The van der Waals surface area contributed by atoms with Gasteiger partial charge in [-0.05, 0) is 24.6 Å². The summed E-state index contributed by atoms with van der Waals surface area (Å²) in [5.74, 6) is 0.916. The largest absolute Gasteiger partial charge is 0.353 e. The highest BCUT2D eigenvalue weighted by Gasteiger charge is 2.23. The van der Waals surface area contributed by atoms with Gasteiger partial charge >= 0.3 is 0 Å². The van der Waals surface area contributed by atoms with E-state index in [4.69, 9.17) is 28.2 Å². The molecule has 0 aliphatic carbocycles. The summed E-state index contributed by atoms with van der Waals surface area (Å²) in [4.78, 5) is 20.6. The molecular formula is C17H19Cl3N4O. The van der Waals surface area contributed by atoms with Gasteiger partial charge in [0.25, 0.3) is 0 Å². The van der Waals surface area contributed by atoms with Crippen molar-refractivity contribution in [2.45, 2.75) is 12.8 Å². The van der Waals surface area contributed by atoms with Crippen molar-refractivity contribution in [2.75, 3.05) is 42.5 Å². The Kier molecular flexibility index (Phi) is 5.58. The molecule has 8 heteroatoms. The van der Waals surface area contributed by atoms with Crippen LogP contribution in [0.5, 0.6) is 0 Å². The number of pyridine rings is 1. The van der Waals surface area contributed by atoms with Crippen molar-refractivity contribution < 1.29 is 4.79 Å². The van der Waals surface area contributed by atoms with Crippen LogP contribution in [0.4, 0.5) is 11.5 Å². The zero-order chi connectivity index (χ0) is 16.7. The summed E-state index contributed by atoms with van der Waals surface area (Å²) in [5, 5.41) is 5.35. The van der Waals surface area contributed by atoms with E-state index in [2.05, 4.69) is 10.2 Å². The van der Waals surface area contributed by atoms with E-state index in [9.17, 15) is 4.79 Å². The summed E-state index contributed by atoms with van der Waals surface area (Å²) < 4.78 is 0. The van der Waals surface area contributed by atoms with Crippen LogP contribution in [-0.2, 0) is 4.79 Å². The molecule has 1 amide bonds. The summed E-state index contributed by atoms with van der Waals surface area (Å²) in [5.41, 5.74) is 1.55. The van der Waals surface area contributed by atoms with E-state index in [1.54, 1.807) is 4.90 Å². The third-order valence-corrected chi connectivity index (χ3v) is 5.16. The highest BCUT2D eigenvalue weighted by molar-refractivity contribution is 6.37. The van der Waals surface area contributed by atoms with Crippen LogP contribution in [0.1, 0.15) is 12.8 Å². The minimum absolute atomic E-state index is 0. The summed E-state index contributed by atoms with van der Waals surface area (Å²) >= 11 is 13.0. The van der Waals surface area contributed by atoms with Crippen molar-refractivity contribution in [1.82, 2.24) is 10.3 Å². The number of aromatic nitrogens is 1. The lowest BCUT2D eigenvalue weighted by atomic mass is 10.1. The molecule has 1 aromatic carbocycles. The van der Waals surface area contributed by atoms with Crippen molar-refractivity contribution in [3.8, 4) is 0 Å². The lowest BCUT2D eigenvalue weighted by molar-refractivity contribution is -0.117. The van der Waals surface area contributed by atoms with Crippen molar-refractivity contribution in [2.24, 2.45) is 0 Å². The molecule has 2 fully saturated rings. The number of anilines is 2. The predicted molar refractivity (Wildman–Crippen MR) is 106 cm³/mol. The second kappa shape index (κ2) is 7.54. The van der Waals surface area contributed by atoms with Crippen molar-refractivity contribution >= 4 is 63.9 Å². The molecule has 3 heterocycles.